The summed E-state index contributed by atoms with van der Waals surface area (Å²) in [5.74, 6) is 2.62. The van der Waals surface area contributed by atoms with E-state index in [1.54, 1.807) is 0 Å². The molecule has 2 aromatic carbocycles. The molecule has 1 N–H and O–H groups in total. The SMILES string of the molecule is Cc1ccc(Oc2c(C#N)cnc3nc(Nc4ccc(OCC5CCCN(C)C5)cc4)sc23)c(I)c1. The van der Waals surface area contributed by atoms with Gasteiger partial charge >= 0.3 is 0 Å². The molecule has 3 heterocycles. The van der Waals surface area contributed by atoms with Crippen LogP contribution in [0.25, 0.3) is 10.3 Å². The summed E-state index contributed by atoms with van der Waals surface area (Å²) in [5.41, 5.74) is 2.96. The Morgan fingerprint density at radius 2 is 2.08 bits per heavy atom. The zero-order valence-corrected chi connectivity index (χ0v) is 23.1. The van der Waals surface area contributed by atoms with Crippen LogP contribution in [0.4, 0.5) is 10.8 Å². The summed E-state index contributed by atoms with van der Waals surface area (Å²) in [5, 5.41) is 13.7. The molecule has 4 aromatic rings. The number of nitrogens with one attached hydrogen (secondary N) is 1. The molecule has 1 fully saturated rings. The van der Waals surface area contributed by atoms with E-state index < -0.39 is 0 Å². The van der Waals surface area contributed by atoms with Gasteiger partial charge in [-0.2, -0.15) is 10.2 Å². The smallest absolute Gasteiger partial charge is 0.189 e. The fourth-order valence-electron chi connectivity index (χ4n) is 4.27. The maximum atomic E-state index is 9.66. The zero-order valence-electron chi connectivity index (χ0n) is 20.1. The Hall–Kier alpha value is -2.94. The van der Waals surface area contributed by atoms with Crippen molar-refractivity contribution in [1.82, 2.24) is 14.9 Å². The van der Waals surface area contributed by atoms with Crippen LogP contribution in [0.1, 0.15) is 24.0 Å². The molecule has 1 atom stereocenters. The van der Waals surface area contributed by atoms with E-state index >= 15 is 0 Å². The molecule has 0 radical (unpaired) electrons. The number of hydrogen-bond acceptors (Lipinski definition) is 8. The van der Waals surface area contributed by atoms with E-state index in [-0.39, 0.29) is 0 Å². The molecule has 36 heavy (non-hydrogen) atoms. The minimum Gasteiger partial charge on any atom is -0.493 e. The van der Waals surface area contributed by atoms with Crippen molar-refractivity contribution in [2.24, 2.45) is 5.92 Å². The second kappa shape index (κ2) is 11.0. The summed E-state index contributed by atoms with van der Waals surface area (Å²) in [4.78, 5) is 11.4. The molecule has 0 bridgehead atoms. The van der Waals surface area contributed by atoms with Crippen LogP contribution in [0.3, 0.4) is 0 Å². The van der Waals surface area contributed by atoms with Crippen LogP contribution in [0.15, 0.2) is 48.7 Å². The second-order valence-corrected chi connectivity index (χ2v) is 11.2. The lowest BCUT2D eigenvalue weighted by Gasteiger charge is -2.29. The molecule has 1 unspecified atom stereocenters. The Morgan fingerprint density at radius 3 is 2.83 bits per heavy atom. The van der Waals surface area contributed by atoms with Crippen LogP contribution in [-0.2, 0) is 0 Å². The quantitative estimate of drug-likeness (QED) is 0.232. The predicted molar refractivity (Wildman–Crippen MR) is 152 cm³/mol. The standard InChI is InChI=1S/C27H26IN5O2S/c1-17-5-10-23(22(28)12-17)35-24-19(13-29)14-30-26-25(24)36-27(32-26)31-20-6-8-21(9-7-20)34-16-18-4-3-11-33(2)15-18/h5-10,12,14,18H,3-4,11,15-16H2,1-2H3,(H,30,31,32). The molecule has 184 valence electrons. The van der Waals surface area contributed by atoms with E-state index in [1.807, 2.05) is 49.4 Å². The number of anilines is 2. The number of ether oxygens (including phenoxy) is 2. The van der Waals surface area contributed by atoms with Crippen molar-refractivity contribution in [3.05, 3.63) is 63.4 Å². The number of rotatable bonds is 7. The van der Waals surface area contributed by atoms with Gasteiger partial charge in [0.05, 0.1) is 16.4 Å². The average Bonchev–Trinajstić information content (AvgIpc) is 3.28. The summed E-state index contributed by atoms with van der Waals surface area (Å²) in [6, 6.07) is 16.1. The van der Waals surface area contributed by atoms with Gasteiger partial charge in [0.2, 0.25) is 0 Å². The van der Waals surface area contributed by atoms with E-state index in [4.69, 9.17) is 9.47 Å². The van der Waals surface area contributed by atoms with Gasteiger partial charge in [-0.15, -0.1) is 0 Å². The van der Waals surface area contributed by atoms with Gasteiger partial charge < -0.3 is 19.7 Å². The second-order valence-electron chi connectivity index (χ2n) is 9.05. The average molecular weight is 612 g/mol. The van der Waals surface area contributed by atoms with Gasteiger partial charge in [-0.05, 0) is 97.9 Å². The molecule has 1 aliphatic rings. The van der Waals surface area contributed by atoms with E-state index in [2.05, 4.69) is 55.9 Å². The Labute approximate surface area is 228 Å². The molecule has 0 spiro atoms. The lowest BCUT2D eigenvalue weighted by Crippen LogP contribution is -2.34. The highest BCUT2D eigenvalue weighted by molar-refractivity contribution is 14.1. The van der Waals surface area contributed by atoms with Crippen LogP contribution < -0.4 is 14.8 Å². The number of aromatic nitrogens is 2. The third kappa shape index (κ3) is 5.72. The Balaban J connectivity index is 1.31. The van der Waals surface area contributed by atoms with Gasteiger partial charge in [0.25, 0.3) is 0 Å². The van der Waals surface area contributed by atoms with Gasteiger partial charge in [0, 0.05) is 18.2 Å². The third-order valence-electron chi connectivity index (χ3n) is 6.11. The first-order valence-corrected chi connectivity index (χ1v) is 13.7. The molecule has 1 aliphatic heterocycles. The maximum Gasteiger partial charge on any atom is 0.189 e. The number of benzene rings is 2. The highest BCUT2D eigenvalue weighted by Gasteiger charge is 2.19. The number of hydrogen-bond donors (Lipinski definition) is 1. The minimum atomic E-state index is 0.375. The highest BCUT2D eigenvalue weighted by atomic mass is 127. The van der Waals surface area contributed by atoms with Crippen LogP contribution in [0.5, 0.6) is 17.2 Å². The molecule has 0 saturated carbocycles. The molecular formula is C27H26IN5O2S. The number of nitrogens with zero attached hydrogens (tertiary/aromatic N) is 4. The van der Waals surface area contributed by atoms with Crippen molar-refractivity contribution in [3.63, 3.8) is 0 Å². The predicted octanol–water partition coefficient (Wildman–Crippen LogP) is 6.73. The number of likely N-dealkylation sites (tertiary alicyclic amines) is 1. The number of fused-ring (bicyclic) bond motifs is 1. The first-order valence-electron chi connectivity index (χ1n) is 11.8. The van der Waals surface area contributed by atoms with E-state index in [1.165, 1.54) is 36.9 Å². The van der Waals surface area contributed by atoms with Crippen molar-refractivity contribution in [2.45, 2.75) is 19.8 Å². The van der Waals surface area contributed by atoms with Crippen molar-refractivity contribution in [1.29, 1.82) is 5.26 Å². The van der Waals surface area contributed by atoms with Gasteiger partial charge in [0.15, 0.2) is 16.5 Å². The normalized spacial score (nSPS) is 16.0. The molecule has 5 rings (SSSR count). The van der Waals surface area contributed by atoms with Gasteiger partial charge in [0.1, 0.15) is 27.8 Å². The van der Waals surface area contributed by atoms with E-state index in [9.17, 15) is 5.26 Å². The highest BCUT2D eigenvalue weighted by Crippen LogP contribution is 2.39. The number of piperidine rings is 1. The summed E-state index contributed by atoms with van der Waals surface area (Å²) in [7, 11) is 2.17. The molecule has 2 aromatic heterocycles. The summed E-state index contributed by atoms with van der Waals surface area (Å²) < 4.78 is 14.0. The molecule has 7 nitrogen and oxygen atoms in total. The third-order valence-corrected chi connectivity index (χ3v) is 7.91. The number of halogens is 1. The molecule has 0 aliphatic carbocycles. The molecule has 9 heteroatoms. The number of thiazole rings is 1. The van der Waals surface area contributed by atoms with Gasteiger partial charge in [-0.3, -0.25) is 0 Å². The van der Waals surface area contributed by atoms with Crippen molar-refractivity contribution in [2.75, 3.05) is 32.1 Å². The molecular weight excluding hydrogens is 585 g/mol. The van der Waals surface area contributed by atoms with Crippen molar-refractivity contribution in [3.8, 4) is 23.3 Å². The number of pyridine rings is 1. The maximum absolute atomic E-state index is 9.66. The first kappa shape index (κ1) is 24.7. The topological polar surface area (TPSA) is 83.3 Å². The van der Waals surface area contributed by atoms with E-state index in [0.717, 1.165) is 38.4 Å². The van der Waals surface area contributed by atoms with Gasteiger partial charge in [-0.25, -0.2) is 4.98 Å². The zero-order chi connectivity index (χ0) is 25.1. The van der Waals surface area contributed by atoms with Crippen LogP contribution in [0.2, 0.25) is 0 Å². The van der Waals surface area contributed by atoms with E-state index in [0.29, 0.717) is 33.8 Å². The van der Waals surface area contributed by atoms with Crippen LogP contribution in [-0.4, -0.2) is 41.6 Å². The summed E-state index contributed by atoms with van der Waals surface area (Å²) in [6.45, 7) is 5.04. The Bertz CT molecular complexity index is 1420. The number of aryl methyl sites for hydroxylation is 1. The fraction of sp³-hybridized carbons (Fsp3) is 0.296. The fourth-order valence-corrected chi connectivity index (χ4v) is 5.98. The number of nitriles is 1. The Kier molecular flexibility index (Phi) is 7.55. The van der Waals surface area contributed by atoms with Crippen LogP contribution in [0, 0.1) is 27.7 Å². The summed E-state index contributed by atoms with van der Waals surface area (Å²) in [6.07, 6.45) is 3.97. The van der Waals surface area contributed by atoms with Crippen LogP contribution >= 0.6 is 33.9 Å². The largest absolute Gasteiger partial charge is 0.493 e. The lowest BCUT2D eigenvalue weighted by atomic mass is 10.00. The molecule has 1 saturated heterocycles. The van der Waals surface area contributed by atoms with Crippen molar-refractivity contribution >= 4 is 55.1 Å². The van der Waals surface area contributed by atoms with Crippen molar-refractivity contribution < 1.29 is 9.47 Å². The first-order chi connectivity index (χ1) is 17.5. The lowest BCUT2D eigenvalue weighted by molar-refractivity contribution is 0.150. The van der Waals surface area contributed by atoms with Gasteiger partial charge in [-0.1, -0.05) is 17.4 Å². The Morgan fingerprint density at radius 1 is 1.25 bits per heavy atom. The summed E-state index contributed by atoms with van der Waals surface area (Å²) >= 11 is 3.65. The minimum absolute atomic E-state index is 0.375. The molecule has 0 amide bonds. The monoisotopic (exact) mass is 611 g/mol.